The van der Waals surface area contributed by atoms with Crippen LogP contribution in [-0.2, 0) is 7.05 Å². The van der Waals surface area contributed by atoms with Gasteiger partial charge in [-0.05, 0) is 24.3 Å². The highest BCUT2D eigenvalue weighted by Crippen LogP contribution is 2.42. The number of rotatable bonds is 2. The number of likely N-dealkylation sites (tertiary alicyclic amines) is 1. The van der Waals surface area contributed by atoms with Crippen molar-refractivity contribution in [1.29, 1.82) is 0 Å². The Hall–Kier alpha value is -2.30. The van der Waals surface area contributed by atoms with E-state index in [9.17, 15) is 4.79 Å². The number of aryl methyl sites for hydroxylation is 2. The van der Waals surface area contributed by atoms with Crippen molar-refractivity contribution >= 4 is 11.8 Å². The molecule has 1 N–H and O–H groups in total. The zero-order chi connectivity index (χ0) is 16.6. The number of nitrogens with one attached hydrogen (secondary N) is 1. The molecule has 2 heterocycles. The standard InChI is InChI=1S/C18H24N4O/c1-13-10-16(21(4)20-13)19-17(23)22-12-18(2,3)11-15(22)14-8-6-5-7-9-14/h5-10,15H,11-12H2,1-4H3,(H,19,23). The molecule has 0 radical (unpaired) electrons. The molecule has 5 heteroatoms. The first kappa shape index (κ1) is 15.6. The molecule has 1 aliphatic rings. The normalized spacial score (nSPS) is 19.8. The van der Waals surface area contributed by atoms with Crippen molar-refractivity contribution in [3.05, 3.63) is 47.7 Å². The third-order valence-electron chi connectivity index (χ3n) is 4.40. The summed E-state index contributed by atoms with van der Waals surface area (Å²) in [5.41, 5.74) is 2.19. The van der Waals surface area contributed by atoms with Crippen molar-refractivity contribution in [3.8, 4) is 0 Å². The largest absolute Gasteiger partial charge is 0.323 e. The maximum atomic E-state index is 12.8. The Morgan fingerprint density at radius 2 is 2.00 bits per heavy atom. The molecule has 23 heavy (non-hydrogen) atoms. The molecule has 1 fully saturated rings. The molecular weight excluding hydrogens is 288 g/mol. The third kappa shape index (κ3) is 3.23. The fourth-order valence-corrected chi connectivity index (χ4v) is 3.36. The molecule has 1 saturated heterocycles. The third-order valence-corrected chi connectivity index (χ3v) is 4.40. The lowest BCUT2D eigenvalue weighted by Gasteiger charge is -2.25. The molecule has 1 aliphatic heterocycles. The van der Waals surface area contributed by atoms with Gasteiger partial charge in [0.25, 0.3) is 0 Å². The highest BCUT2D eigenvalue weighted by molar-refractivity contribution is 5.89. The average molecular weight is 312 g/mol. The monoisotopic (exact) mass is 312 g/mol. The Bertz CT molecular complexity index is 705. The van der Waals surface area contributed by atoms with Crippen LogP contribution < -0.4 is 5.32 Å². The fourth-order valence-electron chi connectivity index (χ4n) is 3.36. The van der Waals surface area contributed by atoms with Crippen LogP contribution in [0.2, 0.25) is 0 Å². The van der Waals surface area contributed by atoms with Gasteiger partial charge in [-0.1, -0.05) is 44.2 Å². The summed E-state index contributed by atoms with van der Waals surface area (Å²) < 4.78 is 1.70. The van der Waals surface area contributed by atoms with E-state index in [0.29, 0.717) is 0 Å². The van der Waals surface area contributed by atoms with Gasteiger partial charge in [0.15, 0.2) is 0 Å². The average Bonchev–Trinajstić information content (AvgIpc) is 2.99. The van der Waals surface area contributed by atoms with Crippen LogP contribution in [0.4, 0.5) is 10.6 Å². The summed E-state index contributed by atoms with van der Waals surface area (Å²) in [6.45, 7) is 7.09. The smallest absolute Gasteiger partial charge is 0.317 e. The van der Waals surface area contributed by atoms with E-state index in [1.54, 1.807) is 4.68 Å². The summed E-state index contributed by atoms with van der Waals surface area (Å²) in [5, 5.41) is 7.28. The Labute approximate surface area is 137 Å². The van der Waals surface area contributed by atoms with Gasteiger partial charge in [-0.15, -0.1) is 0 Å². The van der Waals surface area contributed by atoms with Gasteiger partial charge < -0.3 is 4.90 Å². The summed E-state index contributed by atoms with van der Waals surface area (Å²) in [7, 11) is 1.84. The van der Waals surface area contributed by atoms with Gasteiger partial charge in [-0.25, -0.2) is 4.79 Å². The first-order valence-corrected chi connectivity index (χ1v) is 7.99. The lowest BCUT2D eigenvalue weighted by molar-refractivity contribution is 0.203. The van der Waals surface area contributed by atoms with Crippen molar-refractivity contribution in [3.63, 3.8) is 0 Å². The Morgan fingerprint density at radius 1 is 1.30 bits per heavy atom. The number of urea groups is 1. The highest BCUT2D eigenvalue weighted by Gasteiger charge is 2.40. The van der Waals surface area contributed by atoms with Crippen molar-refractivity contribution in [1.82, 2.24) is 14.7 Å². The Balaban J connectivity index is 1.84. The van der Waals surface area contributed by atoms with Gasteiger partial charge in [0.05, 0.1) is 11.7 Å². The van der Waals surface area contributed by atoms with Crippen LogP contribution in [0, 0.1) is 12.3 Å². The number of amides is 2. The van der Waals surface area contributed by atoms with Gasteiger partial charge in [0, 0.05) is 19.7 Å². The number of nitrogens with zero attached hydrogens (tertiary/aromatic N) is 3. The molecule has 0 saturated carbocycles. The molecule has 3 rings (SSSR count). The summed E-state index contributed by atoms with van der Waals surface area (Å²) in [6.07, 6.45) is 0.967. The van der Waals surface area contributed by atoms with Crippen LogP contribution in [0.25, 0.3) is 0 Å². The molecule has 1 unspecified atom stereocenters. The van der Waals surface area contributed by atoms with Gasteiger partial charge >= 0.3 is 6.03 Å². The van der Waals surface area contributed by atoms with Crippen LogP contribution >= 0.6 is 0 Å². The van der Waals surface area contributed by atoms with E-state index in [4.69, 9.17) is 0 Å². The minimum Gasteiger partial charge on any atom is -0.317 e. The van der Waals surface area contributed by atoms with Gasteiger partial charge in [0.1, 0.15) is 5.82 Å². The molecule has 1 aromatic heterocycles. The van der Waals surface area contributed by atoms with E-state index in [-0.39, 0.29) is 17.5 Å². The lowest BCUT2D eigenvalue weighted by Crippen LogP contribution is -2.36. The number of hydrogen-bond donors (Lipinski definition) is 1. The SMILES string of the molecule is Cc1cc(NC(=O)N2CC(C)(C)CC2c2ccccc2)n(C)n1. The zero-order valence-electron chi connectivity index (χ0n) is 14.2. The predicted octanol–water partition coefficient (Wildman–Crippen LogP) is 3.73. The van der Waals surface area contributed by atoms with Crippen molar-refractivity contribution < 1.29 is 4.79 Å². The van der Waals surface area contributed by atoms with Gasteiger partial charge in [-0.2, -0.15) is 5.10 Å². The Kier molecular flexibility index (Phi) is 3.88. The van der Waals surface area contributed by atoms with E-state index in [1.165, 1.54) is 5.56 Å². The van der Waals surface area contributed by atoms with Gasteiger partial charge in [0.2, 0.25) is 0 Å². The lowest BCUT2D eigenvalue weighted by atomic mass is 9.89. The predicted molar refractivity (Wildman–Crippen MR) is 91.3 cm³/mol. The minimum atomic E-state index is -0.0626. The number of carbonyl (C=O) groups is 1. The first-order chi connectivity index (χ1) is 10.9. The van der Waals surface area contributed by atoms with Crippen molar-refractivity contribution in [2.45, 2.75) is 33.2 Å². The van der Waals surface area contributed by atoms with Crippen molar-refractivity contribution in [2.24, 2.45) is 12.5 Å². The summed E-state index contributed by atoms with van der Waals surface area (Å²) in [4.78, 5) is 14.8. The summed E-state index contributed by atoms with van der Waals surface area (Å²) >= 11 is 0. The molecule has 2 aromatic rings. The molecule has 5 nitrogen and oxygen atoms in total. The zero-order valence-corrected chi connectivity index (χ0v) is 14.2. The Morgan fingerprint density at radius 3 is 2.61 bits per heavy atom. The van der Waals surface area contributed by atoms with Crippen LogP contribution in [0.1, 0.15) is 37.6 Å². The second-order valence-electron chi connectivity index (χ2n) is 7.15. The van der Waals surface area contributed by atoms with E-state index >= 15 is 0 Å². The first-order valence-electron chi connectivity index (χ1n) is 7.99. The molecule has 0 aliphatic carbocycles. The van der Waals surface area contributed by atoms with E-state index < -0.39 is 0 Å². The minimum absolute atomic E-state index is 0.0626. The number of benzene rings is 1. The van der Waals surface area contributed by atoms with Crippen LogP contribution in [-0.4, -0.2) is 27.3 Å². The molecule has 122 valence electrons. The number of anilines is 1. The maximum absolute atomic E-state index is 12.8. The highest BCUT2D eigenvalue weighted by atomic mass is 16.2. The number of carbonyl (C=O) groups excluding carboxylic acids is 1. The van der Waals surface area contributed by atoms with Crippen LogP contribution in [0.5, 0.6) is 0 Å². The topological polar surface area (TPSA) is 50.2 Å². The molecule has 1 atom stereocenters. The summed E-state index contributed by atoms with van der Waals surface area (Å²) in [6, 6.07) is 12.2. The molecule has 0 spiro atoms. The second kappa shape index (κ2) is 5.72. The van der Waals surface area contributed by atoms with Crippen LogP contribution in [0.15, 0.2) is 36.4 Å². The maximum Gasteiger partial charge on any atom is 0.323 e. The van der Waals surface area contributed by atoms with Crippen molar-refractivity contribution in [2.75, 3.05) is 11.9 Å². The fraction of sp³-hybridized carbons (Fsp3) is 0.444. The summed E-state index contributed by atoms with van der Waals surface area (Å²) in [5.74, 6) is 0.726. The van der Waals surface area contributed by atoms with E-state index in [0.717, 1.165) is 24.5 Å². The second-order valence-corrected chi connectivity index (χ2v) is 7.15. The van der Waals surface area contributed by atoms with E-state index in [1.807, 2.05) is 43.1 Å². The molecule has 1 aromatic carbocycles. The number of aromatic nitrogens is 2. The quantitative estimate of drug-likeness (QED) is 0.918. The van der Waals surface area contributed by atoms with E-state index in [2.05, 4.69) is 36.4 Å². The van der Waals surface area contributed by atoms with Gasteiger partial charge in [-0.3, -0.25) is 10.00 Å². The van der Waals surface area contributed by atoms with Crippen LogP contribution in [0.3, 0.4) is 0 Å². The molecule has 2 amide bonds. The number of hydrogen-bond acceptors (Lipinski definition) is 2. The molecule has 0 bridgehead atoms. The molecular formula is C18H24N4O.